The van der Waals surface area contributed by atoms with Crippen molar-refractivity contribution in [2.75, 3.05) is 0 Å². The zero-order valence-corrected chi connectivity index (χ0v) is 25.6. The Morgan fingerprint density at radius 2 is 0.783 bits per heavy atom. The summed E-state index contributed by atoms with van der Waals surface area (Å²) in [5.41, 5.74) is 12.7. The third-order valence-corrected chi connectivity index (χ3v) is 9.20. The van der Waals surface area contributed by atoms with Gasteiger partial charge in [-0.15, -0.1) is 0 Å². The zero-order chi connectivity index (χ0) is 31.0. The molecule has 1 heteroatoms. The van der Waals surface area contributed by atoms with Gasteiger partial charge in [0.25, 0.3) is 0 Å². The van der Waals surface area contributed by atoms with E-state index >= 15 is 0 Å². The number of aromatic hydroxyl groups is 1. The summed E-state index contributed by atoms with van der Waals surface area (Å²) in [6.07, 6.45) is 0. The summed E-state index contributed by atoms with van der Waals surface area (Å²) in [5, 5.41) is 15.6. The Kier molecular flexibility index (Phi) is 6.93. The number of para-hydroxylation sites is 1. The lowest BCUT2D eigenvalue weighted by molar-refractivity contribution is 0.477. The second kappa shape index (κ2) is 11.5. The lowest BCUT2D eigenvalue weighted by Crippen LogP contribution is -1.93. The van der Waals surface area contributed by atoms with E-state index in [1.165, 1.54) is 54.9 Å². The molecule has 8 aromatic rings. The number of benzene rings is 8. The van der Waals surface area contributed by atoms with Gasteiger partial charge in [0.2, 0.25) is 0 Å². The molecule has 0 saturated heterocycles. The smallest absolute Gasteiger partial charge is 0.123 e. The first kappa shape index (κ1) is 27.6. The van der Waals surface area contributed by atoms with Crippen molar-refractivity contribution in [2.45, 2.75) is 6.92 Å². The van der Waals surface area contributed by atoms with Crippen molar-refractivity contribution < 1.29 is 5.11 Å². The van der Waals surface area contributed by atoms with Crippen LogP contribution in [0.25, 0.3) is 77.2 Å². The van der Waals surface area contributed by atoms with Crippen LogP contribution in [0, 0.1) is 6.92 Å². The molecule has 0 amide bonds. The molecule has 0 heterocycles. The van der Waals surface area contributed by atoms with Crippen LogP contribution in [0.3, 0.4) is 0 Å². The SMILES string of the molecule is Cc1c(-c2cccc(-c3c4ccccc4c(-c4ccccc4-c4ccccc4)c4ccccc34)c2)cccc1-c1ccccc1O. The second-order valence-corrected chi connectivity index (χ2v) is 11.8. The Labute approximate surface area is 269 Å². The molecule has 0 radical (unpaired) electrons. The molecule has 0 aliphatic rings. The van der Waals surface area contributed by atoms with Gasteiger partial charge in [-0.2, -0.15) is 0 Å². The fraction of sp³-hybridized carbons (Fsp3) is 0.0222. The van der Waals surface area contributed by atoms with Gasteiger partial charge < -0.3 is 5.11 Å². The first-order chi connectivity index (χ1) is 22.7. The van der Waals surface area contributed by atoms with Crippen LogP contribution in [0.4, 0.5) is 0 Å². The quantitative estimate of drug-likeness (QED) is 0.198. The summed E-state index contributed by atoms with van der Waals surface area (Å²) in [6, 6.07) is 60.0. The highest BCUT2D eigenvalue weighted by Gasteiger charge is 2.19. The summed E-state index contributed by atoms with van der Waals surface area (Å²) in [6.45, 7) is 2.15. The first-order valence-electron chi connectivity index (χ1n) is 15.8. The van der Waals surface area contributed by atoms with Gasteiger partial charge >= 0.3 is 0 Å². The first-order valence-corrected chi connectivity index (χ1v) is 15.8. The minimum Gasteiger partial charge on any atom is -0.507 e. The minimum atomic E-state index is 0.295. The maximum atomic E-state index is 10.6. The standard InChI is InChI=1S/C45H32O/c1-30-34(26-14-27-35(30)37-20-11-12-28-43(37)46)32-17-13-18-33(29-32)44-39-22-7-9-24-41(39)45(42-25-10-8-23-40(42)44)38-21-6-5-19-36(38)31-15-3-2-4-16-31/h2-29,46H,1H3. The van der Waals surface area contributed by atoms with Crippen LogP contribution in [0.2, 0.25) is 0 Å². The monoisotopic (exact) mass is 588 g/mol. The molecule has 1 N–H and O–H groups in total. The zero-order valence-electron chi connectivity index (χ0n) is 25.6. The molecule has 8 aromatic carbocycles. The topological polar surface area (TPSA) is 20.2 Å². The van der Waals surface area contributed by atoms with Crippen molar-refractivity contribution in [2.24, 2.45) is 0 Å². The fourth-order valence-corrected chi connectivity index (χ4v) is 7.08. The molecular weight excluding hydrogens is 556 g/mol. The van der Waals surface area contributed by atoms with Crippen LogP contribution in [0.5, 0.6) is 5.75 Å². The third kappa shape index (κ3) is 4.65. The Morgan fingerprint density at radius 1 is 0.326 bits per heavy atom. The molecule has 0 aliphatic carbocycles. The highest BCUT2D eigenvalue weighted by atomic mass is 16.3. The summed E-state index contributed by atoms with van der Waals surface area (Å²) in [5.74, 6) is 0.295. The van der Waals surface area contributed by atoms with E-state index in [1.807, 2.05) is 18.2 Å². The van der Waals surface area contributed by atoms with Crippen LogP contribution >= 0.6 is 0 Å². The van der Waals surface area contributed by atoms with Gasteiger partial charge in [0.15, 0.2) is 0 Å². The number of rotatable bonds is 5. The normalized spacial score (nSPS) is 11.2. The van der Waals surface area contributed by atoms with E-state index in [9.17, 15) is 5.11 Å². The van der Waals surface area contributed by atoms with Crippen molar-refractivity contribution in [1.82, 2.24) is 0 Å². The summed E-state index contributed by atoms with van der Waals surface area (Å²) in [4.78, 5) is 0. The van der Waals surface area contributed by atoms with Crippen molar-refractivity contribution >= 4 is 21.5 Å². The van der Waals surface area contributed by atoms with Gasteiger partial charge in [-0.25, -0.2) is 0 Å². The Hall–Kier alpha value is -5.92. The van der Waals surface area contributed by atoms with Gasteiger partial charge in [0.05, 0.1) is 0 Å². The van der Waals surface area contributed by atoms with E-state index in [-0.39, 0.29) is 0 Å². The predicted octanol–water partition coefficient (Wildman–Crippen LogP) is 12.3. The molecule has 0 saturated carbocycles. The van der Waals surface area contributed by atoms with E-state index in [4.69, 9.17) is 0 Å². The summed E-state index contributed by atoms with van der Waals surface area (Å²) < 4.78 is 0. The van der Waals surface area contributed by atoms with Crippen molar-refractivity contribution in [3.05, 3.63) is 175 Å². The maximum absolute atomic E-state index is 10.6. The molecular formula is C45H32O. The lowest BCUT2D eigenvalue weighted by Gasteiger charge is -2.20. The summed E-state index contributed by atoms with van der Waals surface area (Å²) >= 11 is 0. The fourth-order valence-electron chi connectivity index (χ4n) is 7.08. The molecule has 46 heavy (non-hydrogen) atoms. The molecule has 0 bridgehead atoms. The number of hydrogen-bond acceptors (Lipinski definition) is 1. The van der Waals surface area contributed by atoms with E-state index < -0.39 is 0 Å². The molecule has 1 nitrogen and oxygen atoms in total. The van der Waals surface area contributed by atoms with Crippen molar-refractivity contribution in [3.63, 3.8) is 0 Å². The molecule has 0 unspecified atom stereocenters. The number of phenolic OH excluding ortho intramolecular Hbond substituents is 1. The highest BCUT2D eigenvalue weighted by molar-refractivity contribution is 6.22. The number of fused-ring (bicyclic) bond motifs is 2. The van der Waals surface area contributed by atoms with Crippen LogP contribution in [-0.2, 0) is 0 Å². The van der Waals surface area contributed by atoms with Gasteiger partial charge in [-0.3, -0.25) is 0 Å². The van der Waals surface area contributed by atoms with Crippen molar-refractivity contribution in [1.29, 1.82) is 0 Å². The van der Waals surface area contributed by atoms with E-state index in [1.54, 1.807) is 6.07 Å². The lowest BCUT2D eigenvalue weighted by atomic mass is 9.83. The molecule has 8 rings (SSSR count). The van der Waals surface area contributed by atoms with Crippen LogP contribution in [0.15, 0.2) is 170 Å². The molecule has 0 spiro atoms. The molecule has 0 aliphatic heterocycles. The highest BCUT2D eigenvalue weighted by Crippen LogP contribution is 2.46. The average Bonchev–Trinajstić information content (AvgIpc) is 3.11. The van der Waals surface area contributed by atoms with E-state index in [0.717, 1.165) is 27.8 Å². The molecule has 0 atom stereocenters. The largest absolute Gasteiger partial charge is 0.507 e. The molecule has 0 aromatic heterocycles. The predicted molar refractivity (Wildman–Crippen MR) is 195 cm³/mol. The summed E-state index contributed by atoms with van der Waals surface area (Å²) in [7, 11) is 0. The van der Waals surface area contributed by atoms with Gasteiger partial charge in [-0.05, 0) is 96.2 Å². The van der Waals surface area contributed by atoms with Crippen LogP contribution in [0.1, 0.15) is 5.56 Å². The van der Waals surface area contributed by atoms with Crippen LogP contribution in [-0.4, -0.2) is 5.11 Å². The van der Waals surface area contributed by atoms with E-state index in [2.05, 4.69) is 153 Å². The van der Waals surface area contributed by atoms with Crippen LogP contribution < -0.4 is 0 Å². The Bertz CT molecular complexity index is 2330. The average molecular weight is 589 g/mol. The van der Waals surface area contributed by atoms with Gasteiger partial charge in [0.1, 0.15) is 5.75 Å². The second-order valence-electron chi connectivity index (χ2n) is 11.8. The molecule has 0 fully saturated rings. The molecule has 218 valence electrons. The minimum absolute atomic E-state index is 0.295. The third-order valence-electron chi connectivity index (χ3n) is 9.20. The number of hydrogen-bond donors (Lipinski definition) is 1. The Morgan fingerprint density at radius 3 is 1.46 bits per heavy atom. The van der Waals surface area contributed by atoms with Gasteiger partial charge in [-0.1, -0.05) is 158 Å². The van der Waals surface area contributed by atoms with Crippen molar-refractivity contribution in [3.8, 4) is 61.4 Å². The number of phenols is 1. The Balaban J connectivity index is 1.37. The maximum Gasteiger partial charge on any atom is 0.123 e. The van der Waals surface area contributed by atoms with Gasteiger partial charge in [0, 0.05) is 5.56 Å². The van der Waals surface area contributed by atoms with E-state index in [0.29, 0.717) is 5.75 Å².